The number of anilines is 1. The predicted octanol–water partition coefficient (Wildman–Crippen LogP) is 3.89. The highest BCUT2D eigenvalue weighted by Gasteiger charge is 2.22. The van der Waals surface area contributed by atoms with E-state index in [0.717, 1.165) is 18.2 Å². The molecule has 1 atom stereocenters. The summed E-state index contributed by atoms with van der Waals surface area (Å²) in [4.78, 5) is 24.7. The Morgan fingerprint density at radius 2 is 1.90 bits per heavy atom. The molecule has 0 aliphatic carbocycles. The van der Waals surface area contributed by atoms with Gasteiger partial charge in [-0.1, -0.05) is 6.08 Å². The first-order valence-corrected chi connectivity index (χ1v) is 8.63. The lowest BCUT2D eigenvalue weighted by atomic mass is 10.1. The van der Waals surface area contributed by atoms with Crippen LogP contribution in [0.1, 0.15) is 22.8 Å². The van der Waals surface area contributed by atoms with E-state index in [1.807, 2.05) is 0 Å². The van der Waals surface area contributed by atoms with Crippen LogP contribution in [0.2, 0.25) is 0 Å². The molecule has 0 saturated heterocycles. The fourth-order valence-electron chi connectivity index (χ4n) is 2.58. The Morgan fingerprint density at radius 1 is 1.17 bits per heavy atom. The topological polar surface area (TPSA) is 73.9 Å². The van der Waals surface area contributed by atoms with Gasteiger partial charge in [0.05, 0.1) is 25.5 Å². The fourth-order valence-corrected chi connectivity index (χ4v) is 2.58. The van der Waals surface area contributed by atoms with E-state index in [1.54, 1.807) is 12.1 Å². The molecule has 0 radical (unpaired) electrons. The largest absolute Gasteiger partial charge is 0.493 e. The van der Waals surface area contributed by atoms with Crippen LogP contribution in [0.4, 0.5) is 14.5 Å². The number of methoxy groups -OCH3 is 2. The third-order valence-corrected chi connectivity index (χ3v) is 4.00. The first-order valence-electron chi connectivity index (χ1n) is 8.63. The number of carbonyl (C=O) groups is 2. The normalized spacial score (nSPS) is 11.3. The van der Waals surface area contributed by atoms with E-state index >= 15 is 0 Å². The van der Waals surface area contributed by atoms with E-state index in [4.69, 9.17) is 14.2 Å². The molecule has 0 aromatic heterocycles. The summed E-state index contributed by atoms with van der Waals surface area (Å²) in [6.45, 7) is 4.98. The monoisotopic (exact) mass is 405 g/mol. The number of halogens is 2. The van der Waals surface area contributed by atoms with Gasteiger partial charge in [-0.25, -0.2) is 13.6 Å². The number of ether oxygens (including phenoxy) is 3. The number of esters is 1. The molecule has 154 valence electrons. The SMILES string of the molecule is C=CCc1cc(C(=O)OC(C)C(=O)Nc2cc(F)ccc2F)cc(OC)c1OC. The zero-order valence-corrected chi connectivity index (χ0v) is 16.3. The van der Waals surface area contributed by atoms with Crippen LogP contribution >= 0.6 is 0 Å². The smallest absolute Gasteiger partial charge is 0.339 e. The van der Waals surface area contributed by atoms with E-state index in [9.17, 15) is 18.4 Å². The third-order valence-electron chi connectivity index (χ3n) is 4.00. The van der Waals surface area contributed by atoms with E-state index in [-0.39, 0.29) is 11.3 Å². The van der Waals surface area contributed by atoms with Crippen molar-refractivity contribution in [2.75, 3.05) is 19.5 Å². The quantitative estimate of drug-likeness (QED) is 0.533. The molecule has 0 spiro atoms. The second kappa shape index (κ2) is 9.68. The van der Waals surface area contributed by atoms with Crippen LogP contribution in [0.15, 0.2) is 43.0 Å². The lowest BCUT2D eigenvalue weighted by Crippen LogP contribution is -2.30. The number of amides is 1. The number of hydrogen-bond donors (Lipinski definition) is 1. The highest BCUT2D eigenvalue weighted by Crippen LogP contribution is 2.33. The highest BCUT2D eigenvalue weighted by atomic mass is 19.1. The van der Waals surface area contributed by atoms with Gasteiger partial charge < -0.3 is 19.5 Å². The lowest BCUT2D eigenvalue weighted by Gasteiger charge is -2.16. The van der Waals surface area contributed by atoms with Gasteiger partial charge in [0.2, 0.25) is 0 Å². The second-order valence-electron chi connectivity index (χ2n) is 6.02. The van der Waals surface area contributed by atoms with E-state index in [1.165, 1.54) is 27.2 Å². The Kier molecular flexibility index (Phi) is 7.30. The Hall–Kier alpha value is -3.42. The van der Waals surface area contributed by atoms with Gasteiger partial charge in [-0.15, -0.1) is 6.58 Å². The summed E-state index contributed by atoms with van der Waals surface area (Å²) in [5.41, 5.74) is 0.432. The van der Waals surface area contributed by atoms with Crippen molar-refractivity contribution < 1.29 is 32.6 Å². The molecule has 2 aromatic carbocycles. The Labute approximate surface area is 167 Å². The Bertz CT molecular complexity index is 930. The molecule has 1 amide bonds. The number of allylic oxidation sites excluding steroid dienone is 1. The maximum atomic E-state index is 13.7. The first kappa shape index (κ1) is 21.9. The van der Waals surface area contributed by atoms with E-state index in [0.29, 0.717) is 23.5 Å². The minimum atomic E-state index is -1.26. The summed E-state index contributed by atoms with van der Waals surface area (Å²) < 4.78 is 42.6. The minimum Gasteiger partial charge on any atom is -0.493 e. The third kappa shape index (κ3) is 5.31. The molecule has 29 heavy (non-hydrogen) atoms. The molecule has 0 aliphatic heterocycles. The van der Waals surface area contributed by atoms with Crippen molar-refractivity contribution in [3.63, 3.8) is 0 Å². The molecule has 2 aromatic rings. The summed E-state index contributed by atoms with van der Waals surface area (Å²) in [5.74, 6) is -2.36. The van der Waals surface area contributed by atoms with Gasteiger partial charge in [0.25, 0.3) is 5.91 Å². The molecular weight excluding hydrogens is 384 g/mol. The standard InChI is InChI=1S/C21H21F2NO5/c1-5-6-13-9-14(10-18(27-3)19(13)28-4)21(26)29-12(2)20(25)24-17-11-15(22)7-8-16(17)23/h5,7-12H,1,6H2,2-4H3,(H,24,25). The van der Waals surface area contributed by atoms with Crippen molar-refractivity contribution in [2.24, 2.45) is 0 Å². The van der Waals surface area contributed by atoms with Gasteiger partial charge in [-0.05, 0) is 37.6 Å². The van der Waals surface area contributed by atoms with Gasteiger partial charge >= 0.3 is 5.97 Å². The summed E-state index contributed by atoms with van der Waals surface area (Å²) in [7, 11) is 2.90. The van der Waals surface area contributed by atoms with Gasteiger partial charge in [-0.3, -0.25) is 4.79 Å². The zero-order valence-electron chi connectivity index (χ0n) is 16.3. The molecular formula is C21H21F2NO5. The maximum absolute atomic E-state index is 13.7. The van der Waals surface area contributed by atoms with Crippen LogP contribution in [0, 0.1) is 11.6 Å². The summed E-state index contributed by atoms with van der Waals surface area (Å²) in [6.07, 6.45) is 0.784. The number of carbonyl (C=O) groups excluding carboxylic acids is 2. The van der Waals surface area contributed by atoms with Crippen LogP contribution in [0.5, 0.6) is 11.5 Å². The van der Waals surface area contributed by atoms with Crippen LogP contribution in [0.3, 0.4) is 0 Å². The number of hydrogen-bond acceptors (Lipinski definition) is 5. The van der Waals surface area contributed by atoms with Crippen molar-refractivity contribution in [3.8, 4) is 11.5 Å². The maximum Gasteiger partial charge on any atom is 0.339 e. The number of benzene rings is 2. The van der Waals surface area contributed by atoms with Crippen LogP contribution in [-0.2, 0) is 16.0 Å². The van der Waals surface area contributed by atoms with Crippen molar-refractivity contribution in [2.45, 2.75) is 19.4 Å². The number of nitrogens with one attached hydrogen (secondary N) is 1. The molecule has 1 unspecified atom stereocenters. The molecule has 0 fully saturated rings. The predicted molar refractivity (Wildman–Crippen MR) is 103 cm³/mol. The second-order valence-corrected chi connectivity index (χ2v) is 6.02. The summed E-state index contributed by atoms with van der Waals surface area (Å²) in [6, 6.07) is 5.60. The molecule has 8 heteroatoms. The van der Waals surface area contributed by atoms with Crippen molar-refractivity contribution in [1.82, 2.24) is 0 Å². The average Bonchev–Trinajstić information content (AvgIpc) is 2.70. The number of rotatable bonds is 8. The van der Waals surface area contributed by atoms with Crippen molar-refractivity contribution in [3.05, 3.63) is 65.7 Å². The molecule has 2 rings (SSSR count). The van der Waals surface area contributed by atoms with Crippen molar-refractivity contribution in [1.29, 1.82) is 0 Å². The van der Waals surface area contributed by atoms with Gasteiger partial charge in [0.1, 0.15) is 11.6 Å². The average molecular weight is 405 g/mol. The first-order chi connectivity index (χ1) is 13.8. The zero-order chi connectivity index (χ0) is 21.6. The highest BCUT2D eigenvalue weighted by molar-refractivity contribution is 5.97. The van der Waals surface area contributed by atoms with E-state index in [2.05, 4.69) is 11.9 Å². The Morgan fingerprint density at radius 3 is 2.52 bits per heavy atom. The van der Waals surface area contributed by atoms with Gasteiger partial charge in [0.15, 0.2) is 17.6 Å². The molecule has 6 nitrogen and oxygen atoms in total. The molecule has 0 heterocycles. The van der Waals surface area contributed by atoms with Crippen LogP contribution in [-0.4, -0.2) is 32.2 Å². The van der Waals surface area contributed by atoms with Crippen LogP contribution < -0.4 is 14.8 Å². The molecule has 0 aliphatic rings. The van der Waals surface area contributed by atoms with Crippen molar-refractivity contribution >= 4 is 17.6 Å². The molecule has 1 N–H and O–H groups in total. The minimum absolute atomic E-state index is 0.135. The fraction of sp³-hybridized carbons (Fsp3) is 0.238. The van der Waals surface area contributed by atoms with Crippen LogP contribution in [0.25, 0.3) is 0 Å². The molecule has 0 saturated carbocycles. The van der Waals surface area contributed by atoms with Gasteiger partial charge in [0, 0.05) is 11.6 Å². The van der Waals surface area contributed by atoms with Gasteiger partial charge in [-0.2, -0.15) is 0 Å². The van der Waals surface area contributed by atoms with E-state index < -0.39 is 29.6 Å². The summed E-state index contributed by atoms with van der Waals surface area (Å²) >= 11 is 0. The Balaban J connectivity index is 2.18. The summed E-state index contributed by atoms with van der Waals surface area (Å²) in [5, 5.41) is 2.19. The molecule has 0 bridgehead atoms. The lowest BCUT2D eigenvalue weighted by molar-refractivity contribution is -0.123.